The molecule has 1 aliphatic rings. The molecule has 3 nitrogen and oxygen atoms in total. The molecule has 0 N–H and O–H groups in total. The summed E-state index contributed by atoms with van der Waals surface area (Å²) in [5.74, 6) is -4.66. The van der Waals surface area contributed by atoms with Crippen molar-refractivity contribution in [3.8, 4) is 0 Å². The zero-order chi connectivity index (χ0) is 15.4. The maximum atomic E-state index is 14.2. The average molecular weight is 301 g/mol. The van der Waals surface area contributed by atoms with E-state index in [2.05, 4.69) is 4.74 Å². The minimum absolute atomic E-state index is 0.00931. The first-order valence-electron chi connectivity index (χ1n) is 7.15. The van der Waals surface area contributed by atoms with Crippen LogP contribution in [0.25, 0.3) is 0 Å². The smallest absolute Gasteiger partial charge is 0.341 e. The molecule has 2 rings (SSSR count). The number of anilines is 1. The second-order valence-electron chi connectivity index (χ2n) is 5.00. The number of rotatable bonds is 3. The molecular weight excluding hydrogens is 283 g/mol. The molecule has 21 heavy (non-hydrogen) atoms. The van der Waals surface area contributed by atoms with Crippen LogP contribution in [0.5, 0.6) is 0 Å². The van der Waals surface area contributed by atoms with Gasteiger partial charge in [0.05, 0.1) is 6.61 Å². The van der Waals surface area contributed by atoms with Gasteiger partial charge in [-0.25, -0.2) is 18.0 Å². The van der Waals surface area contributed by atoms with Gasteiger partial charge < -0.3 is 9.64 Å². The fourth-order valence-corrected chi connectivity index (χ4v) is 2.53. The highest BCUT2D eigenvalue weighted by Crippen LogP contribution is 2.30. The van der Waals surface area contributed by atoms with E-state index in [9.17, 15) is 18.0 Å². The molecule has 6 heteroatoms. The van der Waals surface area contributed by atoms with E-state index in [1.165, 1.54) is 11.8 Å². The van der Waals surface area contributed by atoms with Gasteiger partial charge in [-0.05, 0) is 25.8 Å². The molecule has 0 bridgehead atoms. The Bertz CT molecular complexity index is 526. The number of nitrogens with zero attached hydrogens (tertiary/aromatic N) is 1. The van der Waals surface area contributed by atoms with Gasteiger partial charge >= 0.3 is 5.97 Å². The summed E-state index contributed by atoms with van der Waals surface area (Å²) in [5, 5.41) is 0. The highest BCUT2D eigenvalue weighted by atomic mass is 19.2. The van der Waals surface area contributed by atoms with E-state index in [1.54, 1.807) is 0 Å². The average Bonchev–Trinajstić information content (AvgIpc) is 2.72. The minimum atomic E-state index is -1.35. The summed E-state index contributed by atoms with van der Waals surface area (Å²) in [6.45, 7) is 2.50. The molecule has 0 atom stereocenters. The summed E-state index contributed by atoms with van der Waals surface area (Å²) in [4.78, 5) is 13.0. The Labute approximate surface area is 121 Å². The lowest BCUT2D eigenvalue weighted by molar-refractivity contribution is 0.0519. The second kappa shape index (κ2) is 6.83. The van der Waals surface area contributed by atoms with Crippen molar-refractivity contribution in [3.05, 3.63) is 29.1 Å². The maximum Gasteiger partial charge on any atom is 0.341 e. The van der Waals surface area contributed by atoms with Crippen LogP contribution in [0, 0.1) is 17.5 Å². The summed E-state index contributed by atoms with van der Waals surface area (Å²) < 4.78 is 46.9. The summed E-state index contributed by atoms with van der Waals surface area (Å²) >= 11 is 0. The van der Waals surface area contributed by atoms with Crippen LogP contribution in [0.3, 0.4) is 0 Å². The van der Waals surface area contributed by atoms with Gasteiger partial charge in [-0.15, -0.1) is 0 Å². The summed E-state index contributed by atoms with van der Waals surface area (Å²) in [7, 11) is 0. The Morgan fingerprint density at radius 2 is 1.76 bits per heavy atom. The van der Waals surface area contributed by atoms with E-state index in [1.807, 2.05) is 0 Å². The molecule has 0 unspecified atom stereocenters. The number of halogens is 3. The molecule has 1 aliphatic heterocycles. The van der Waals surface area contributed by atoms with Crippen molar-refractivity contribution < 1.29 is 22.7 Å². The summed E-state index contributed by atoms with van der Waals surface area (Å²) in [6, 6.07) is 0.719. The molecule has 1 aromatic carbocycles. The van der Waals surface area contributed by atoms with Crippen LogP contribution >= 0.6 is 0 Å². The molecule has 0 radical (unpaired) electrons. The molecule has 0 amide bonds. The topological polar surface area (TPSA) is 29.5 Å². The molecule has 1 aromatic rings. The number of carbonyl (C=O) groups is 1. The number of hydrogen-bond donors (Lipinski definition) is 0. The molecule has 0 saturated carbocycles. The van der Waals surface area contributed by atoms with Gasteiger partial charge in [0, 0.05) is 13.1 Å². The lowest BCUT2D eigenvalue weighted by atomic mass is 10.1. The molecular formula is C15H18F3NO2. The normalized spacial score (nSPS) is 15.7. The SMILES string of the molecule is CCOC(=O)c1cc(F)c(N2CCCCCC2)c(F)c1F. The largest absolute Gasteiger partial charge is 0.462 e. The van der Waals surface area contributed by atoms with E-state index in [4.69, 9.17) is 0 Å². The Morgan fingerprint density at radius 3 is 2.33 bits per heavy atom. The highest BCUT2D eigenvalue weighted by molar-refractivity contribution is 5.90. The minimum Gasteiger partial charge on any atom is -0.462 e. The van der Waals surface area contributed by atoms with Gasteiger partial charge in [0.15, 0.2) is 17.5 Å². The molecule has 1 fully saturated rings. The Kier molecular flexibility index (Phi) is 5.09. The zero-order valence-corrected chi connectivity index (χ0v) is 11.9. The van der Waals surface area contributed by atoms with Gasteiger partial charge in [0.25, 0.3) is 0 Å². The maximum absolute atomic E-state index is 14.2. The first-order chi connectivity index (χ1) is 10.1. The van der Waals surface area contributed by atoms with Crippen molar-refractivity contribution in [1.82, 2.24) is 0 Å². The molecule has 0 aromatic heterocycles. The fourth-order valence-electron chi connectivity index (χ4n) is 2.53. The van der Waals surface area contributed by atoms with Gasteiger partial charge in [-0.1, -0.05) is 12.8 Å². The van der Waals surface area contributed by atoms with Crippen molar-refractivity contribution in [3.63, 3.8) is 0 Å². The zero-order valence-electron chi connectivity index (χ0n) is 11.9. The van der Waals surface area contributed by atoms with Crippen molar-refractivity contribution in [2.75, 3.05) is 24.6 Å². The number of esters is 1. The number of ether oxygens (including phenoxy) is 1. The van der Waals surface area contributed by atoms with E-state index < -0.39 is 29.0 Å². The van der Waals surface area contributed by atoms with Crippen LogP contribution in [0.1, 0.15) is 43.0 Å². The summed E-state index contributed by atoms with van der Waals surface area (Å²) in [6.07, 6.45) is 3.59. The number of benzene rings is 1. The summed E-state index contributed by atoms with van der Waals surface area (Å²) in [5.41, 5.74) is -1.09. The molecule has 1 heterocycles. The number of carbonyl (C=O) groups excluding carboxylic acids is 1. The van der Waals surface area contributed by atoms with Crippen LogP contribution < -0.4 is 4.90 Å². The van der Waals surface area contributed by atoms with Gasteiger partial charge in [0.2, 0.25) is 0 Å². The van der Waals surface area contributed by atoms with Gasteiger partial charge in [-0.3, -0.25) is 0 Å². The fraction of sp³-hybridized carbons (Fsp3) is 0.533. The molecule has 0 aliphatic carbocycles. The molecule has 0 spiro atoms. The second-order valence-corrected chi connectivity index (χ2v) is 5.00. The monoisotopic (exact) mass is 301 g/mol. The van der Waals surface area contributed by atoms with Crippen molar-refractivity contribution >= 4 is 11.7 Å². The predicted octanol–water partition coefficient (Wildman–Crippen LogP) is 3.66. The van der Waals surface area contributed by atoms with E-state index in [0.29, 0.717) is 13.1 Å². The first-order valence-corrected chi connectivity index (χ1v) is 7.15. The quantitative estimate of drug-likeness (QED) is 0.630. The van der Waals surface area contributed by atoms with Crippen LogP contribution in [-0.2, 0) is 4.74 Å². The third-order valence-corrected chi connectivity index (χ3v) is 3.55. The van der Waals surface area contributed by atoms with Crippen molar-refractivity contribution in [1.29, 1.82) is 0 Å². The third-order valence-electron chi connectivity index (χ3n) is 3.55. The van der Waals surface area contributed by atoms with Crippen LogP contribution in [0.4, 0.5) is 18.9 Å². The van der Waals surface area contributed by atoms with Crippen molar-refractivity contribution in [2.45, 2.75) is 32.6 Å². The van der Waals surface area contributed by atoms with Crippen LogP contribution in [0.15, 0.2) is 6.07 Å². The van der Waals surface area contributed by atoms with E-state index >= 15 is 0 Å². The lowest BCUT2D eigenvalue weighted by Crippen LogP contribution is -2.27. The molecule has 116 valence electrons. The Balaban J connectivity index is 2.39. The standard InChI is InChI=1S/C15H18F3NO2/c1-2-21-15(20)10-9-11(16)14(13(18)12(10)17)19-7-5-3-4-6-8-19/h9H,2-8H2,1H3. The third kappa shape index (κ3) is 3.31. The number of hydrogen-bond acceptors (Lipinski definition) is 3. The highest BCUT2D eigenvalue weighted by Gasteiger charge is 2.27. The van der Waals surface area contributed by atoms with Crippen molar-refractivity contribution in [2.24, 2.45) is 0 Å². The predicted molar refractivity (Wildman–Crippen MR) is 73.0 cm³/mol. The molecule has 1 saturated heterocycles. The van der Waals surface area contributed by atoms with E-state index in [-0.39, 0.29) is 12.3 Å². The van der Waals surface area contributed by atoms with Gasteiger partial charge in [0.1, 0.15) is 11.3 Å². The Morgan fingerprint density at radius 1 is 1.14 bits per heavy atom. The van der Waals surface area contributed by atoms with Crippen LogP contribution in [0.2, 0.25) is 0 Å². The van der Waals surface area contributed by atoms with Gasteiger partial charge in [-0.2, -0.15) is 0 Å². The lowest BCUT2D eigenvalue weighted by Gasteiger charge is -2.24. The Hall–Kier alpha value is -1.72. The first kappa shape index (κ1) is 15.7. The van der Waals surface area contributed by atoms with E-state index in [0.717, 1.165) is 31.7 Å². The van der Waals surface area contributed by atoms with Crippen LogP contribution in [-0.4, -0.2) is 25.7 Å².